The van der Waals surface area contributed by atoms with Crippen molar-refractivity contribution in [1.29, 1.82) is 0 Å². The summed E-state index contributed by atoms with van der Waals surface area (Å²) in [6.45, 7) is 6.74. The van der Waals surface area contributed by atoms with E-state index in [0.717, 1.165) is 80.4 Å². The number of nitrogens with zero attached hydrogens (tertiary/aromatic N) is 5. The molecule has 0 amide bonds. The maximum atomic E-state index is 13.6. The minimum absolute atomic E-state index is 0.0598. The van der Waals surface area contributed by atoms with Gasteiger partial charge in [-0.3, -0.25) is 4.90 Å². The molecule has 1 aromatic carbocycles. The maximum Gasteiger partial charge on any atom is 0.248 e. The second-order valence-corrected chi connectivity index (χ2v) is 12.8. The Bertz CT molecular complexity index is 1420. The Kier molecular flexibility index (Phi) is 8.91. The molecule has 2 aromatic heterocycles. The number of fused-ring (bicyclic) bond motifs is 1. The molecule has 1 saturated heterocycles. The highest BCUT2D eigenvalue weighted by Gasteiger charge is 2.36. The molecule has 9 heteroatoms. The van der Waals surface area contributed by atoms with Crippen molar-refractivity contribution in [2.75, 3.05) is 45.4 Å². The van der Waals surface area contributed by atoms with Crippen LogP contribution >= 0.6 is 0 Å². The zero-order valence-corrected chi connectivity index (χ0v) is 25.7. The molecule has 6 rings (SSSR count). The van der Waals surface area contributed by atoms with Crippen LogP contribution in [-0.4, -0.2) is 71.9 Å². The summed E-state index contributed by atoms with van der Waals surface area (Å²) in [4.78, 5) is 7.21. The average Bonchev–Trinajstić information content (AvgIpc) is 3.43. The first-order chi connectivity index (χ1) is 20.8. The third-order valence-corrected chi connectivity index (χ3v) is 9.74. The number of halogens is 2. The fourth-order valence-electron chi connectivity index (χ4n) is 7.22. The number of hydrogen-bond donors (Lipinski definition) is 0. The molecule has 7 nitrogen and oxygen atoms in total. The first-order valence-electron chi connectivity index (χ1n) is 15.7. The van der Waals surface area contributed by atoms with Crippen LogP contribution in [0.4, 0.5) is 14.5 Å². The second kappa shape index (κ2) is 12.8. The molecule has 4 heterocycles. The average molecular weight is 594 g/mol. The number of aromatic nitrogens is 2. The lowest BCUT2D eigenvalue weighted by molar-refractivity contribution is -0.0512. The van der Waals surface area contributed by atoms with Crippen molar-refractivity contribution in [2.24, 2.45) is 11.8 Å². The highest BCUT2D eigenvalue weighted by molar-refractivity contribution is 5.74. The highest BCUT2D eigenvalue weighted by Crippen LogP contribution is 2.38. The lowest BCUT2D eigenvalue weighted by Gasteiger charge is -2.41. The fraction of sp³-hybridized carbons (Fsp3) is 0.559. The van der Waals surface area contributed by atoms with Crippen molar-refractivity contribution in [3.8, 4) is 11.5 Å². The summed E-state index contributed by atoms with van der Waals surface area (Å²) >= 11 is 0. The van der Waals surface area contributed by atoms with Gasteiger partial charge in [0.25, 0.3) is 0 Å². The van der Waals surface area contributed by atoms with Crippen molar-refractivity contribution >= 4 is 11.2 Å². The van der Waals surface area contributed by atoms with Crippen LogP contribution < -0.4 is 14.4 Å². The summed E-state index contributed by atoms with van der Waals surface area (Å²) in [7, 11) is 3.37. The lowest BCUT2D eigenvalue weighted by Crippen LogP contribution is -2.44. The number of benzene rings is 1. The summed E-state index contributed by atoms with van der Waals surface area (Å²) in [6.07, 6.45) is 13.2. The van der Waals surface area contributed by atoms with Crippen LogP contribution in [0.25, 0.3) is 5.52 Å². The zero-order valence-electron chi connectivity index (χ0n) is 25.7. The summed E-state index contributed by atoms with van der Waals surface area (Å²) in [5.41, 5.74) is 4.69. The maximum absolute atomic E-state index is 13.6. The van der Waals surface area contributed by atoms with E-state index in [1.165, 1.54) is 5.56 Å². The molecule has 2 atom stereocenters. The molecule has 3 aromatic rings. The lowest BCUT2D eigenvalue weighted by atomic mass is 9.83. The summed E-state index contributed by atoms with van der Waals surface area (Å²) in [5, 5.41) is 4.66. The molecule has 3 aliphatic rings. The van der Waals surface area contributed by atoms with E-state index in [4.69, 9.17) is 9.47 Å². The standard InChI is InChI=1S/C34H45F2N5O2/c1-25-17-27(9-15-39(25)22-26-7-11-34(35,36)12-8-26)18-28-10-16-41-31(19-28)32(21-37-41)40-14-4-13-38(24-40)23-29-5-6-30(42-2)20-33(29)43-3/h4-6,10,14,16,19-21,25-27H,7-9,11-13,15,17-18,22-24H2,1-3H3/t25-,27+/m0/s1. The summed E-state index contributed by atoms with van der Waals surface area (Å²) in [6, 6.07) is 11.0. The number of ether oxygens (including phenoxy) is 2. The van der Waals surface area contributed by atoms with E-state index in [0.29, 0.717) is 30.7 Å². The van der Waals surface area contributed by atoms with Crippen molar-refractivity contribution < 1.29 is 18.3 Å². The van der Waals surface area contributed by atoms with Gasteiger partial charge in [0.15, 0.2) is 0 Å². The van der Waals surface area contributed by atoms with Crippen LogP contribution in [0.2, 0.25) is 0 Å². The molecule has 1 aliphatic carbocycles. The van der Waals surface area contributed by atoms with Gasteiger partial charge in [0.05, 0.1) is 38.3 Å². The zero-order chi connectivity index (χ0) is 30.0. The van der Waals surface area contributed by atoms with Crippen LogP contribution in [-0.2, 0) is 13.0 Å². The van der Waals surface area contributed by atoms with Crippen LogP contribution in [0.15, 0.2) is 55.0 Å². The smallest absolute Gasteiger partial charge is 0.248 e. The Morgan fingerprint density at radius 2 is 1.86 bits per heavy atom. The Labute approximate surface area is 254 Å². The molecular formula is C34H45F2N5O2. The number of likely N-dealkylation sites (tertiary alicyclic amines) is 1. The van der Waals surface area contributed by atoms with Crippen molar-refractivity contribution in [3.63, 3.8) is 0 Å². The molecule has 0 unspecified atom stereocenters. The van der Waals surface area contributed by atoms with E-state index < -0.39 is 5.92 Å². The van der Waals surface area contributed by atoms with Gasteiger partial charge >= 0.3 is 0 Å². The van der Waals surface area contributed by atoms with Crippen molar-refractivity contribution in [3.05, 3.63) is 66.1 Å². The minimum Gasteiger partial charge on any atom is -0.497 e. The second-order valence-electron chi connectivity index (χ2n) is 12.8. The van der Waals surface area contributed by atoms with Gasteiger partial charge in [0.2, 0.25) is 5.92 Å². The van der Waals surface area contributed by atoms with Crippen molar-refractivity contribution in [2.45, 2.75) is 70.4 Å². The summed E-state index contributed by atoms with van der Waals surface area (Å²) < 4.78 is 40.2. The molecule has 232 valence electrons. The molecule has 2 aliphatic heterocycles. The first-order valence-corrected chi connectivity index (χ1v) is 15.7. The SMILES string of the molecule is COc1ccc(CN2CC=CN(c3cnn4ccc(C[C@@H]5CCN(CC6CCC(F)(F)CC6)[C@@H](C)C5)cc34)C2)c(OC)c1. The molecule has 43 heavy (non-hydrogen) atoms. The molecule has 0 N–H and O–H groups in total. The number of hydrogen-bond acceptors (Lipinski definition) is 6. The van der Waals surface area contributed by atoms with Gasteiger partial charge in [0.1, 0.15) is 11.5 Å². The molecule has 0 radical (unpaired) electrons. The molecular weight excluding hydrogens is 548 g/mol. The van der Waals surface area contributed by atoms with E-state index in [2.05, 4.69) is 63.4 Å². The molecule has 2 fully saturated rings. The number of methoxy groups -OCH3 is 2. The predicted octanol–water partition coefficient (Wildman–Crippen LogP) is 6.61. The third-order valence-electron chi connectivity index (χ3n) is 9.74. The Hall–Kier alpha value is -3.17. The minimum atomic E-state index is -2.44. The number of piperidine rings is 1. The summed E-state index contributed by atoms with van der Waals surface area (Å²) in [5.74, 6) is 0.220. The first kappa shape index (κ1) is 29.9. The number of pyridine rings is 1. The van der Waals surface area contributed by atoms with Crippen LogP contribution in [0, 0.1) is 11.8 Å². The molecule has 1 saturated carbocycles. The van der Waals surface area contributed by atoms with Gasteiger partial charge in [0, 0.05) is 62.5 Å². The van der Waals surface area contributed by atoms with E-state index in [1.807, 2.05) is 22.8 Å². The van der Waals surface area contributed by atoms with Gasteiger partial charge in [-0.15, -0.1) is 0 Å². The monoisotopic (exact) mass is 593 g/mol. The largest absolute Gasteiger partial charge is 0.497 e. The normalized spacial score (nSPS) is 23.6. The fourth-order valence-corrected chi connectivity index (χ4v) is 7.22. The van der Waals surface area contributed by atoms with Crippen molar-refractivity contribution in [1.82, 2.24) is 19.4 Å². The van der Waals surface area contributed by atoms with E-state index in [-0.39, 0.29) is 12.8 Å². The van der Waals surface area contributed by atoms with E-state index in [9.17, 15) is 8.78 Å². The van der Waals surface area contributed by atoms with Gasteiger partial charge in [-0.2, -0.15) is 5.10 Å². The number of alkyl halides is 2. The number of rotatable bonds is 9. The molecule has 0 spiro atoms. The Balaban J connectivity index is 1.08. The van der Waals surface area contributed by atoms with Crippen LogP contribution in [0.5, 0.6) is 11.5 Å². The van der Waals surface area contributed by atoms with E-state index >= 15 is 0 Å². The Morgan fingerprint density at radius 3 is 2.63 bits per heavy atom. The quantitative estimate of drug-likeness (QED) is 0.278. The van der Waals surface area contributed by atoms with Crippen LogP contribution in [0.3, 0.4) is 0 Å². The predicted molar refractivity (Wildman–Crippen MR) is 166 cm³/mol. The number of anilines is 1. The van der Waals surface area contributed by atoms with E-state index in [1.54, 1.807) is 14.2 Å². The van der Waals surface area contributed by atoms with Crippen LogP contribution in [0.1, 0.15) is 56.6 Å². The Morgan fingerprint density at radius 1 is 1.02 bits per heavy atom. The van der Waals surface area contributed by atoms with Gasteiger partial charge < -0.3 is 19.3 Å². The highest BCUT2D eigenvalue weighted by atomic mass is 19.3. The van der Waals surface area contributed by atoms with Gasteiger partial charge in [-0.05, 0) is 81.2 Å². The topological polar surface area (TPSA) is 45.5 Å². The third kappa shape index (κ3) is 6.99. The molecule has 0 bridgehead atoms. The van der Waals surface area contributed by atoms with Gasteiger partial charge in [-0.25, -0.2) is 13.3 Å². The van der Waals surface area contributed by atoms with Gasteiger partial charge in [-0.1, -0.05) is 12.1 Å².